The molecule has 0 saturated carbocycles. The third kappa shape index (κ3) is 4.09. The van der Waals surface area contributed by atoms with Gasteiger partial charge in [-0.05, 0) is 35.2 Å². The van der Waals surface area contributed by atoms with Crippen molar-refractivity contribution in [2.45, 2.75) is 31.7 Å². The third-order valence-corrected chi connectivity index (χ3v) is 5.87. The Hall–Kier alpha value is -2.94. The van der Waals surface area contributed by atoms with Gasteiger partial charge in [-0.3, -0.25) is 9.69 Å². The van der Waals surface area contributed by atoms with Crippen molar-refractivity contribution in [3.05, 3.63) is 69.5 Å². The Morgan fingerprint density at radius 2 is 2.06 bits per heavy atom. The van der Waals surface area contributed by atoms with Crippen molar-refractivity contribution >= 4 is 23.8 Å². The quantitative estimate of drug-likeness (QED) is 0.253. The number of allylic oxidation sites excluding steroid dienone is 1. The van der Waals surface area contributed by atoms with E-state index in [-0.39, 0.29) is 41.2 Å². The van der Waals surface area contributed by atoms with E-state index in [1.54, 1.807) is 4.90 Å². The van der Waals surface area contributed by atoms with Crippen molar-refractivity contribution in [3.8, 4) is 11.5 Å². The van der Waals surface area contributed by atoms with Crippen LogP contribution in [0.15, 0.2) is 30.9 Å². The number of aromatic hydroxyl groups is 2. The Morgan fingerprint density at radius 3 is 2.62 bits per heavy atom. The lowest BCUT2D eigenvalue weighted by atomic mass is 9.85. The number of benzene rings is 2. The summed E-state index contributed by atoms with van der Waals surface area (Å²) in [7, 11) is 3.01. The Morgan fingerprint density at radius 1 is 1.38 bits per heavy atom. The number of phenolic OH excluding ortho intramolecular Hbond substituents is 2. The van der Waals surface area contributed by atoms with Crippen LogP contribution in [0, 0.1) is 5.82 Å². The number of carbonyl (C=O) groups is 2. The first-order valence-electron chi connectivity index (χ1n) is 9.85. The van der Waals surface area contributed by atoms with Gasteiger partial charge in [0.15, 0.2) is 11.5 Å². The first kappa shape index (κ1) is 23.7. The molecule has 2 atom stereocenters. The van der Waals surface area contributed by atoms with Crippen LogP contribution < -0.4 is 0 Å². The summed E-state index contributed by atoms with van der Waals surface area (Å²) in [6.45, 7) is 3.86. The minimum absolute atomic E-state index is 0.0249. The van der Waals surface area contributed by atoms with Crippen LogP contribution in [0.3, 0.4) is 0 Å². The van der Waals surface area contributed by atoms with E-state index in [0.717, 1.165) is 0 Å². The molecule has 0 fully saturated rings. The number of phenols is 2. The van der Waals surface area contributed by atoms with E-state index in [1.807, 2.05) is 0 Å². The molecule has 32 heavy (non-hydrogen) atoms. The highest BCUT2D eigenvalue weighted by atomic mass is 35.5. The van der Waals surface area contributed by atoms with Gasteiger partial charge in [-0.25, -0.2) is 4.39 Å². The van der Waals surface area contributed by atoms with Crippen molar-refractivity contribution in [1.82, 2.24) is 9.80 Å². The fourth-order valence-corrected chi connectivity index (χ4v) is 4.26. The Bertz CT molecular complexity index is 1090. The van der Waals surface area contributed by atoms with Gasteiger partial charge in [0.2, 0.25) is 5.91 Å². The van der Waals surface area contributed by atoms with Crippen molar-refractivity contribution in [1.29, 1.82) is 0 Å². The molecule has 3 N–H and O–H groups in total. The van der Waals surface area contributed by atoms with E-state index < -0.39 is 35.4 Å². The lowest BCUT2D eigenvalue weighted by molar-refractivity contribution is -0.132. The number of nitrogens with zero attached hydrogens (tertiary/aromatic N) is 2. The van der Waals surface area contributed by atoms with Crippen molar-refractivity contribution in [2.24, 2.45) is 0 Å². The van der Waals surface area contributed by atoms with Crippen LogP contribution in [0.4, 0.5) is 4.39 Å². The second-order valence-corrected chi connectivity index (χ2v) is 8.26. The molecule has 1 aliphatic rings. The Labute approximate surface area is 190 Å². The first-order chi connectivity index (χ1) is 15.1. The van der Waals surface area contributed by atoms with Gasteiger partial charge in [0, 0.05) is 38.3 Å². The van der Waals surface area contributed by atoms with Crippen molar-refractivity contribution in [3.63, 3.8) is 0 Å². The summed E-state index contributed by atoms with van der Waals surface area (Å²) < 4.78 is 13.5. The second kappa shape index (κ2) is 9.28. The zero-order chi connectivity index (χ0) is 23.7. The Kier molecular flexibility index (Phi) is 6.88. The predicted molar refractivity (Wildman–Crippen MR) is 117 cm³/mol. The normalized spacial score (nSPS) is 16.5. The van der Waals surface area contributed by atoms with Gasteiger partial charge in [-0.15, -0.1) is 6.58 Å². The molecule has 1 aliphatic heterocycles. The lowest BCUT2D eigenvalue weighted by Gasteiger charge is -2.23. The minimum atomic E-state index is -1.34. The van der Waals surface area contributed by atoms with E-state index in [9.17, 15) is 29.3 Å². The van der Waals surface area contributed by atoms with Crippen molar-refractivity contribution in [2.75, 3.05) is 14.1 Å². The summed E-state index contributed by atoms with van der Waals surface area (Å²) in [5, 5.41) is 32.2. The highest BCUT2D eigenvalue weighted by Crippen LogP contribution is 2.49. The molecule has 170 valence electrons. The van der Waals surface area contributed by atoms with E-state index in [0.29, 0.717) is 17.4 Å². The molecule has 3 rings (SSSR count). The Balaban J connectivity index is 2.14. The largest absolute Gasteiger partial charge is 0.504 e. The average molecular weight is 463 g/mol. The fraction of sp³-hybridized carbons (Fsp3) is 0.304. The van der Waals surface area contributed by atoms with E-state index in [2.05, 4.69) is 6.58 Å². The van der Waals surface area contributed by atoms with Gasteiger partial charge in [-0.2, -0.15) is 0 Å². The highest BCUT2D eigenvalue weighted by Gasteiger charge is 2.40. The van der Waals surface area contributed by atoms with Crippen LogP contribution in [0.5, 0.6) is 11.5 Å². The number of aliphatic hydroxyl groups excluding tert-OH is 1. The molecular formula is C23H24ClFN2O5. The molecule has 0 radical (unpaired) electrons. The van der Waals surface area contributed by atoms with Crippen LogP contribution in [0.1, 0.15) is 40.0 Å². The van der Waals surface area contributed by atoms with Gasteiger partial charge in [-0.1, -0.05) is 23.7 Å². The SMILES string of the molecule is C=CCc1c(O)c(O)c2c(c1C(C=O)C(=O)N(C)C)CN(Cc1ccc(F)c(Cl)c1)C2O. The number of carbonyl (C=O) groups excluding carboxylic acids is 2. The first-order valence-corrected chi connectivity index (χ1v) is 10.2. The number of fused-ring (bicyclic) bond motifs is 1. The molecular weight excluding hydrogens is 439 g/mol. The molecule has 1 heterocycles. The molecule has 7 nitrogen and oxygen atoms in total. The van der Waals surface area contributed by atoms with Gasteiger partial charge < -0.3 is 25.0 Å². The van der Waals surface area contributed by atoms with Crippen LogP contribution in [0.25, 0.3) is 0 Å². The number of likely N-dealkylation sites (N-methyl/N-ethyl adjacent to an activating group) is 1. The maximum Gasteiger partial charge on any atom is 0.236 e. The van der Waals surface area contributed by atoms with E-state index in [4.69, 9.17) is 11.6 Å². The minimum Gasteiger partial charge on any atom is -0.504 e. The number of amides is 1. The van der Waals surface area contributed by atoms with Crippen LogP contribution in [-0.4, -0.2) is 51.4 Å². The molecule has 0 aliphatic carbocycles. The fourth-order valence-electron chi connectivity index (χ4n) is 4.06. The topological polar surface area (TPSA) is 101 Å². The number of aldehydes is 1. The van der Waals surface area contributed by atoms with Gasteiger partial charge in [0.25, 0.3) is 0 Å². The summed E-state index contributed by atoms with van der Waals surface area (Å²) in [5.41, 5.74) is 1.45. The molecule has 0 spiro atoms. The third-order valence-electron chi connectivity index (χ3n) is 5.58. The van der Waals surface area contributed by atoms with Gasteiger partial charge >= 0.3 is 0 Å². The second-order valence-electron chi connectivity index (χ2n) is 7.85. The zero-order valence-electron chi connectivity index (χ0n) is 17.7. The van der Waals surface area contributed by atoms with Gasteiger partial charge in [0.1, 0.15) is 24.2 Å². The monoisotopic (exact) mass is 462 g/mol. The molecule has 2 aromatic rings. The molecule has 0 aromatic heterocycles. The molecule has 2 aromatic carbocycles. The number of hydrogen-bond donors (Lipinski definition) is 3. The van der Waals surface area contributed by atoms with Gasteiger partial charge in [0.05, 0.1) is 5.02 Å². The average Bonchev–Trinajstić information content (AvgIpc) is 3.07. The molecule has 2 unspecified atom stereocenters. The summed E-state index contributed by atoms with van der Waals surface area (Å²) in [5.74, 6) is -3.35. The summed E-state index contributed by atoms with van der Waals surface area (Å²) in [4.78, 5) is 27.5. The van der Waals surface area contributed by atoms with Crippen LogP contribution in [0.2, 0.25) is 5.02 Å². The summed E-state index contributed by atoms with van der Waals surface area (Å²) in [6.07, 6.45) is 0.723. The molecule has 9 heteroatoms. The number of aliphatic hydroxyl groups is 1. The van der Waals surface area contributed by atoms with E-state index in [1.165, 1.54) is 43.3 Å². The van der Waals surface area contributed by atoms with Crippen LogP contribution >= 0.6 is 11.6 Å². The maximum absolute atomic E-state index is 13.5. The maximum atomic E-state index is 13.5. The smallest absolute Gasteiger partial charge is 0.236 e. The molecule has 1 amide bonds. The number of halogens is 2. The standard InChI is InChI=1S/C23H24ClFN2O5/c1-4-5-13-18(15(11-28)22(31)26(2)3)14-10-27(23(32)19(14)21(30)20(13)29)9-12-6-7-17(25)16(24)8-12/h4,6-8,11,15,23,29-30,32H,1,5,9-10H2,2-3H3. The number of rotatable bonds is 7. The van der Waals surface area contributed by atoms with Crippen LogP contribution in [-0.2, 0) is 29.1 Å². The number of hydrogen-bond acceptors (Lipinski definition) is 6. The predicted octanol–water partition coefficient (Wildman–Crippen LogP) is 3.00. The molecule has 0 bridgehead atoms. The highest BCUT2D eigenvalue weighted by molar-refractivity contribution is 6.30. The zero-order valence-corrected chi connectivity index (χ0v) is 18.4. The summed E-state index contributed by atoms with van der Waals surface area (Å²) in [6, 6.07) is 4.15. The molecule has 0 saturated heterocycles. The van der Waals surface area contributed by atoms with E-state index >= 15 is 0 Å². The lowest BCUT2D eigenvalue weighted by Crippen LogP contribution is -2.30. The van der Waals surface area contributed by atoms with Crippen molar-refractivity contribution < 1.29 is 29.3 Å². The summed E-state index contributed by atoms with van der Waals surface area (Å²) >= 11 is 5.86.